The maximum absolute atomic E-state index is 4.38. The number of imidazole rings is 1. The van der Waals surface area contributed by atoms with Crippen LogP contribution in [0.4, 0.5) is 0 Å². The molecule has 5 nitrogen and oxygen atoms in total. The summed E-state index contributed by atoms with van der Waals surface area (Å²) < 4.78 is 0. The summed E-state index contributed by atoms with van der Waals surface area (Å²) in [4.78, 5) is 11.8. The molecule has 3 aromatic rings. The number of rotatable bonds is 1. The van der Waals surface area contributed by atoms with Crippen LogP contribution in [0.5, 0.6) is 0 Å². The van der Waals surface area contributed by atoms with E-state index in [2.05, 4.69) is 25.1 Å². The van der Waals surface area contributed by atoms with Crippen LogP contribution >= 0.6 is 0 Å². The number of fused-ring (bicyclic) bond motifs is 1. The summed E-state index contributed by atoms with van der Waals surface area (Å²) in [6.07, 6.45) is 3.46. The third-order valence-corrected chi connectivity index (χ3v) is 2.36. The van der Waals surface area contributed by atoms with Crippen LogP contribution in [0.15, 0.2) is 24.5 Å². The minimum absolute atomic E-state index is 0.736. The van der Waals surface area contributed by atoms with Gasteiger partial charge < -0.3 is 4.98 Å². The van der Waals surface area contributed by atoms with E-state index in [0.717, 1.165) is 28.2 Å². The van der Waals surface area contributed by atoms with Gasteiger partial charge in [-0.1, -0.05) is 0 Å². The quantitative estimate of drug-likeness (QED) is 0.626. The lowest BCUT2D eigenvalue weighted by atomic mass is 10.3. The Hall–Kier alpha value is -2.17. The van der Waals surface area contributed by atoms with Gasteiger partial charge in [0.15, 0.2) is 11.5 Å². The molecule has 3 aromatic heterocycles. The lowest BCUT2D eigenvalue weighted by Crippen LogP contribution is -1.79. The summed E-state index contributed by atoms with van der Waals surface area (Å²) in [5.41, 5.74) is 3.72. The minimum atomic E-state index is 0.736. The zero-order valence-corrected chi connectivity index (χ0v) is 8.15. The van der Waals surface area contributed by atoms with Gasteiger partial charge in [-0.05, 0) is 24.6 Å². The SMILES string of the molecule is Cc1ccnc2nc(-c3ccn[nH]3)[nH]c12. The van der Waals surface area contributed by atoms with Crippen LogP contribution in [-0.2, 0) is 0 Å². The van der Waals surface area contributed by atoms with Crippen LogP contribution in [0.2, 0.25) is 0 Å². The van der Waals surface area contributed by atoms with E-state index in [1.54, 1.807) is 12.4 Å². The van der Waals surface area contributed by atoms with E-state index in [1.165, 1.54) is 0 Å². The van der Waals surface area contributed by atoms with Gasteiger partial charge >= 0.3 is 0 Å². The number of pyridine rings is 1. The highest BCUT2D eigenvalue weighted by atomic mass is 15.1. The molecule has 0 radical (unpaired) electrons. The predicted molar refractivity (Wildman–Crippen MR) is 56.2 cm³/mol. The lowest BCUT2D eigenvalue weighted by Gasteiger charge is -1.90. The Balaban J connectivity index is 2.27. The van der Waals surface area contributed by atoms with Crippen LogP contribution < -0.4 is 0 Å². The second-order valence-corrected chi connectivity index (χ2v) is 3.38. The largest absolute Gasteiger partial charge is 0.335 e. The number of nitrogens with one attached hydrogen (secondary N) is 2. The molecule has 0 amide bonds. The molecule has 0 aliphatic rings. The summed E-state index contributed by atoms with van der Waals surface area (Å²) in [6.45, 7) is 2.03. The van der Waals surface area contributed by atoms with Gasteiger partial charge in [0.1, 0.15) is 5.69 Å². The molecular formula is C10H9N5. The van der Waals surface area contributed by atoms with Crippen molar-refractivity contribution in [3.63, 3.8) is 0 Å². The average Bonchev–Trinajstić information content (AvgIpc) is 2.86. The second-order valence-electron chi connectivity index (χ2n) is 3.38. The van der Waals surface area contributed by atoms with Gasteiger partial charge in [0.2, 0.25) is 0 Å². The normalized spacial score (nSPS) is 11.0. The van der Waals surface area contributed by atoms with Gasteiger partial charge in [-0.2, -0.15) is 5.10 Å². The van der Waals surface area contributed by atoms with Gasteiger partial charge in [-0.15, -0.1) is 0 Å². The Bertz CT molecular complexity index is 593. The van der Waals surface area contributed by atoms with Crippen LogP contribution in [0, 0.1) is 6.92 Å². The van der Waals surface area contributed by atoms with Crippen molar-refractivity contribution in [1.82, 2.24) is 25.1 Å². The van der Waals surface area contributed by atoms with Gasteiger partial charge in [-0.3, -0.25) is 5.10 Å². The number of aromatic amines is 2. The first kappa shape index (κ1) is 8.16. The fourth-order valence-corrected chi connectivity index (χ4v) is 1.55. The number of aromatic nitrogens is 5. The molecule has 3 rings (SSSR count). The monoisotopic (exact) mass is 199 g/mol. The predicted octanol–water partition coefficient (Wildman–Crippen LogP) is 1.66. The molecule has 2 N–H and O–H groups in total. The smallest absolute Gasteiger partial charge is 0.178 e. The van der Waals surface area contributed by atoms with E-state index in [4.69, 9.17) is 0 Å². The van der Waals surface area contributed by atoms with Crippen molar-refractivity contribution >= 4 is 11.2 Å². The van der Waals surface area contributed by atoms with Crippen molar-refractivity contribution in [3.05, 3.63) is 30.1 Å². The van der Waals surface area contributed by atoms with Crippen molar-refractivity contribution in [3.8, 4) is 11.5 Å². The molecule has 15 heavy (non-hydrogen) atoms. The molecule has 0 aliphatic carbocycles. The van der Waals surface area contributed by atoms with Gasteiger partial charge in [0, 0.05) is 12.4 Å². The fraction of sp³-hybridized carbons (Fsp3) is 0.100. The van der Waals surface area contributed by atoms with E-state index >= 15 is 0 Å². The summed E-state index contributed by atoms with van der Waals surface area (Å²) in [7, 11) is 0. The first-order valence-corrected chi connectivity index (χ1v) is 4.65. The zero-order valence-electron chi connectivity index (χ0n) is 8.15. The molecule has 74 valence electrons. The van der Waals surface area contributed by atoms with Gasteiger partial charge in [0.05, 0.1) is 5.52 Å². The maximum atomic E-state index is 4.38. The Labute approximate surface area is 85.6 Å². The topological polar surface area (TPSA) is 70.2 Å². The lowest BCUT2D eigenvalue weighted by molar-refractivity contribution is 1.08. The van der Waals surface area contributed by atoms with E-state index in [9.17, 15) is 0 Å². The van der Waals surface area contributed by atoms with Crippen molar-refractivity contribution in [1.29, 1.82) is 0 Å². The highest BCUT2D eigenvalue weighted by Crippen LogP contribution is 2.18. The molecule has 0 fully saturated rings. The van der Waals surface area contributed by atoms with Crippen molar-refractivity contribution in [2.75, 3.05) is 0 Å². The first-order valence-electron chi connectivity index (χ1n) is 4.65. The van der Waals surface area contributed by atoms with Crippen LogP contribution in [0.3, 0.4) is 0 Å². The van der Waals surface area contributed by atoms with Crippen molar-refractivity contribution in [2.45, 2.75) is 6.92 Å². The molecule has 0 aromatic carbocycles. The Morgan fingerprint density at radius 2 is 2.13 bits per heavy atom. The van der Waals surface area contributed by atoms with E-state index in [-0.39, 0.29) is 0 Å². The van der Waals surface area contributed by atoms with Crippen molar-refractivity contribution < 1.29 is 0 Å². The highest BCUT2D eigenvalue weighted by Gasteiger charge is 2.07. The molecule has 5 heteroatoms. The molecule has 0 spiro atoms. The number of hydrogen-bond acceptors (Lipinski definition) is 3. The average molecular weight is 199 g/mol. The third kappa shape index (κ3) is 1.20. The molecule has 0 aliphatic heterocycles. The van der Waals surface area contributed by atoms with Crippen molar-refractivity contribution in [2.24, 2.45) is 0 Å². The summed E-state index contributed by atoms with van der Waals surface area (Å²) in [5.74, 6) is 0.768. The second kappa shape index (κ2) is 2.91. The Morgan fingerprint density at radius 1 is 1.20 bits per heavy atom. The molecule has 0 saturated heterocycles. The summed E-state index contributed by atoms with van der Waals surface area (Å²) >= 11 is 0. The molecule has 3 heterocycles. The molecule has 0 unspecified atom stereocenters. The number of nitrogens with zero attached hydrogens (tertiary/aromatic N) is 3. The number of aryl methyl sites for hydroxylation is 1. The first-order chi connectivity index (χ1) is 7.34. The van der Waals surface area contributed by atoms with E-state index in [1.807, 2.05) is 19.1 Å². The Morgan fingerprint density at radius 3 is 2.87 bits per heavy atom. The van der Waals surface area contributed by atoms with Gasteiger partial charge in [0.25, 0.3) is 0 Å². The maximum Gasteiger partial charge on any atom is 0.178 e. The number of H-pyrrole nitrogens is 2. The Kier molecular flexibility index (Phi) is 1.58. The summed E-state index contributed by atoms with van der Waals surface area (Å²) in [6, 6.07) is 3.82. The fourth-order valence-electron chi connectivity index (χ4n) is 1.55. The van der Waals surface area contributed by atoms with Crippen LogP contribution in [-0.4, -0.2) is 25.1 Å². The standard InChI is InChI=1S/C10H9N5/c1-6-2-4-11-10-8(6)13-9(14-10)7-3-5-12-15-7/h2-5H,1H3,(H,12,15)(H,11,13,14). The van der Waals surface area contributed by atoms with E-state index < -0.39 is 0 Å². The molecule has 0 bridgehead atoms. The zero-order chi connectivity index (χ0) is 10.3. The molecule has 0 saturated carbocycles. The number of hydrogen-bond donors (Lipinski definition) is 2. The van der Waals surface area contributed by atoms with Gasteiger partial charge in [-0.25, -0.2) is 9.97 Å². The van der Waals surface area contributed by atoms with Crippen LogP contribution in [0.1, 0.15) is 5.56 Å². The minimum Gasteiger partial charge on any atom is -0.335 e. The summed E-state index contributed by atoms with van der Waals surface area (Å²) in [5, 5.41) is 6.75. The van der Waals surface area contributed by atoms with Crippen LogP contribution in [0.25, 0.3) is 22.7 Å². The molecule has 0 atom stereocenters. The third-order valence-electron chi connectivity index (χ3n) is 2.36. The van der Waals surface area contributed by atoms with E-state index in [0.29, 0.717) is 0 Å². The molecular weight excluding hydrogens is 190 g/mol. The highest BCUT2D eigenvalue weighted by molar-refractivity contribution is 5.77.